The van der Waals surface area contributed by atoms with Crippen molar-refractivity contribution >= 4 is 28.2 Å². The molecule has 0 radical (unpaired) electrons. The molecule has 0 bridgehead atoms. The number of halogens is 2. The highest BCUT2D eigenvalue weighted by Gasteiger charge is 2.29. The van der Waals surface area contributed by atoms with Gasteiger partial charge < -0.3 is 9.64 Å². The van der Waals surface area contributed by atoms with Crippen LogP contribution < -0.4 is 10.5 Å². The summed E-state index contributed by atoms with van der Waals surface area (Å²) in [5.41, 5.74) is 1.37. The number of aromatic nitrogens is 5. The summed E-state index contributed by atoms with van der Waals surface area (Å²) in [7, 11) is 1.59. The molecule has 10 heteroatoms. The van der Waals surface area contributed by atoms with Gasteiger partial charge in [0.25, 0.3) is 5.56 Å². The lowest BCUT2D eigenvalue weighted by atomic mass is 10.0. The summed E-state index contributed by atoms with van der Waals surface area (Å²) < 4.78 is 24.2. The normalized spacial score (nSPS) is 18.6. The van der Waals surface area contributed by atoms with E-state index in [1.807, 2.05) is 10.9 Å². The number of anilines is 1. The van der Waals surface area contributed by atoms with E-state index in [4.69, 9.17) is 21.3 Å². The molecule has 1 aliphatic heterocycles. The molecule has 4 heterocycles. The van der Waals surface area contributed by atoms with Crippen LogP contribution in [0.15, 0.2) is 47.7 Å². The second-order valence-electron chi connectivity index (χ2n) is 8.78. The van der Waals surface area contributed by atoms with Gasteiger partial charge in [-0.1, -0.05) is 11.6 Å². The molecule has 1 saturated heterocycles. The number of ether oxygens (including phenoxy) is 1. The van der Waals surface area contributed by atoms with E-state index in [0.717, 1.165) is 18.4 Å². The number of nitrogens with zero attached hydrogens (tertiary/aromatic N) is 6. The van der Waals surface area contributed by atoms with Crippen LogP contribution in [0.3, 0.4) is 0 Å². The predicted octanol–water partition coefficient (Wildman–Crippen LogP) is 3.90. The molecule has 4 aromatic rings. The van der Waals surface area contributed by atoms with Crippen LogP contribution >= 0.6 is 11.6 Å². The van der Waals surface area contributed by atoms with E-state index in [0.29, 0.717) is 53.0 Å². The van der Waals surface area contributed by atoms with Gasteiger partial charge in [0.15, 0.2) is 0 Å². The van der Waals surface area contributed by atoms with E-state index in [1.165, 1.54) is 10.7 Å². The van der Waals surface area contributed by atoms with Crippen LogP contribution in [0.4, 0.5) is 10.2 Å². The van der Waals surface area contributed by atoms with Crippen molar-refractivity contribution in [3.63, 3.8) is 0 Å². The molecule has 3 aromatic heterocycles. The summed E-state index contributed by atoms with van der Waals surface area (Å²) in [6.07, 6.45) is 7.60. The monoisotopic (exact) mass is 480 g/mol. The van der Waals surface area contributed by atoms with Gasteiger partial charge in [-0.15, -0.1) is 0 Å². The summed E-state index contributed by atoms with van der Waals surface area (Å²) in [5, 5.41) is 9.82. The molecule has 8 nitrogen and oxygen atoms in total. The zero-order chi connectivity index (χ0) is 23.4. The minimum atomic E-state index is -0.508. The van der Waals surface area contributed by atoms with Gasteiger partial charge in [-0.2, -0.15) is 10.2 Å². The first-order chi connectivity index (χ1) is 16.5. The average molecular weight is 481 g/mol. The smallest absolute Gasteiger partial charge is 0.274 e. The van der Waals surface area contributed by atoms with E-state index >= 15 is 0 Å². The first kappa shape index (κ1) is 21.2. The fourth-order valence-corrected chi connectivity index (χ4v) is 4.54. The molecule has 2 aliphatic rings. The number of fused-ring (bicyclic) bond motifs is 1. The number of pyridine rings is 1. The number of hydrogen-bond donors (Lipinski definition) is 0. The Labute approximate surface area is 199 Å². The van der Waals surface area contributed by atoms with Crippen molar-refractivity contribution in [2.45, 2.75) is 25.0 Å². The number of rotatable bonds is 4. The summed E-state index contributed by atoms with van der Waals surface area (Å²) in [6, 6.07) is 6.68. The van der Waals surface area contributed by atoms with Crippen LogP contribution in [0.2, 0.25) is 5.02 Å². The Bertz CT molecular complexity index is 1460. The zero-order valence-electron chi connectivity index (χ0n) is 18.5. The molecule has 0 unspecified atom stereocenters. The standard InChI is InChI=1S/C24H22ClFN6O2/c1-30-24(33)18-9-22(29-23(19(18)11-27-30)17-5-2-15(25)8-20(17)26)31-6-7-34-21(13-31)14-10-28-32(12-14)16-3-4-16/h2,5,8-12,16,21H,3-4,6-7,13H2,1H3/t21-/m1/s1. The van der Waals surface area contributed by atoms with E-state index in [1.54, 1.807) is 31.4 Å². The molecule has 1 saturated carbocycles. The van der Waals surface area contributed by atoms with Gasteiger partial charge in [0.1, 0.15) is 17.7 Å². The fraction of sp³-hybridized carbons (Fsp3) is 0.333. The third kappa shape index (κ3) is 3.74. The first-order valence-electron chi connectivity index (χ1n) is 11.2. The van der Waals surface area contributed by atoms with Crippen LogP contribution in [0.25, 0.3) is 22.0 Å². The maximum absolute atomic E-state index is 14.9. The van der Waals surface area contributed by atoms with Gasteiger partial charge >= 0.3 is 0 Å². The second-order valence-corrected chi connectivity index (χ2v) is 9.21. The lowest BCUT2D eigenvalue weighted by Gasteiger charge is -2.33. The fourth-order valence-electron chi connectivity index (χ4n) is 4.39. The van der Waals surface area contributed by atoms with Crippen molar-refractivity contribution in [3.8, 4) is 11.3 Å². The molecule has 0 spiro atoms. The maximum Gasteiger partial charge on any atom is 0.274 e. The Balaban J connectivity index is 1.43. The summed E-state index contributed by atoms with van der Waals surface area (Å²) in [4.78, 5) is 19.8. The van der Waals surface area contributed by atoms with Gasteiger partial charge in [0.05, 0.1) is 36.1 Å². The van der Waals surface area contributed by atoms with Crippen molar-refractivity contribution in [2.75, 3.05) is 24.6 Å². The molecule has 6 rings (SSSR count). The maximum atomic E-state index is 14.9. The summed E-state index contributed by atoms with van der Waals surface area (Å²) >= 11 is 5.97. The van der Waals surface area contributed by atoms with Crippen LogP contribution in [0.1, 0.15) is 30.6 Å². The Morgan fingerprint density at radius 3 is 2.79 bits per heavy atom. The lowest BCUT2D eigenvalue weighted by molar-refractivity contribution is 0.0395. The van der Waals surface area contributed by atoms with E-state index in [9.17, 15) is 9.18 Å². The Morgan fingerprint density at radius 2 is 2.00 bits per heavy atom. The molecule has 1 aliphatic carbocycles. The lowest BCUT2D eigenvalue weighted by Crippen LogP contribution is -2.39. The minimum absolute atomic E-state index is 0.172. The molecule has 2 fully saturated rings. The largest absolute Gasteiger partial charge is 0.370 e. The highest BCUT2D eigenvalue weighted by atomic mass is 35.5. The second kappa shape index (κ2) is 8.18. The Morgan fingerprint density at radius 1 is 1.15 bits per heavy atom. The molecule has 0 amide bonds. The number of morpholine rings is 1. The minimum Gasteiger partial charge on any atom is -0.370 e. The first-order valence-corrected chi connectivity index (χ1v) is 11.6. The highest BCUT2D eigenvalue weighted by Crippen LogP contribution is 2.36. The van der Waals surface area contributed by atoms with Gasteiger partial charge in [0, 0.05) is 47.9 Å². The predicted molar refractivity (Wildman–Crippen MR) is 127 cm³/mol. The molecule has 1 aromatic carbocycles. The zero-order valence-corrected chi connectivity index (χ0v) is 19.2. The van der Waals surface area contributed by atoms with Crippen molar-refractivity contribution in [3.05, 3.63) is 69.6 Å². The van der Waals surface area contributed by atoms with Crippen molar-refractivity contribution < 1.29 is 9.13 Å². The molecule has 0 N–H and O–H groups in total. The quantitative estimate of drug-likeness (QED) is 0.441. The van der Waals surface area contributed by atoms with Crippen molar-refractivity contribution in [1.82, 2.24) is 24.5 Å². The van der Waals surface area contributed by atoms with Gasteiger partial charge in [-0.25, -0.2) is 14.1 Å². The van der Waals surface area contributed by atoms with Crippen LogP contribution in [-0.2, 0) is 11.8 Å². The Kier molecular flexibility index (Phi) is 5.11. The van der Waals surface area contributed by atoms with E-state index in [-0.39, 0.29) is 17.2 Å². The third-order valence-corrected chi connectivity index (χ3v) is 6.66. The molecule has 174 valence electrons. The molecular formula is C24H22ClFN6O2. The SMILES string of the molecule is Cn1ncc2c(-c3ccc(Cl)cc3F)nc(N3CCO[C@@H](c4cnn(C5CC5)c4)C3)cc2c1=O. The average Bonchev–Trinajstić information content (AvgIpc) is 3.57. The van der Waals surface area contributed by atoms with Crippen LogP contribution in [-0.4, -0.2) is 44.2 Å². The Hall–Kier alpha value is -3.30. The highest BCUT2D eigenvalue weighted by molar-refractivity contribution is 6.30. The number of hydrogen-bond acceptors (Lipinski definition) is 6. The molecule has 34 heavy (non-hydrogen) atoms. The van der Waals surface area contributed by atoms with Crippen LogP contribution in [0, 0.1) is 5.82 Å². The van der Waals surface area contributed by atoms with Gasteiger partial charge in [-0.05, 0) is 37.1 Å². The summed E-state index contributed by atoms with van der Waals surface area (Å²) in [6.45, 7) is 1.64. The number of benzene rings is 1. The molecule has 1 atom stereocenters. The topological polar surface area (TPSA) is 78.1 Å². The van der Waals surface area contributed by atoms with Crippen molar-refractivity contribution in [1.29, 1.82) is 0 Å². The molecular weight excluding hydrogens is 459 g/mol. The van der Waals surface area contributed by atoms with Crippen molar-refractivity contribution in [2.24, 2.45) is 7.05 Å². The van der Waals surface area contributed by atoms with Gasteiger partial charge in [-0.3, -0.25) is 9.48 Å². The van der Waals surface area contributed by atoms with Crippen LogP contribution in [0.5, 0.6) is 0 Å². The van der Waals surface area contributed by atoms with Gasteiger partial charge in [0.2, 0.25) is 0 Å². The number of aryl methyl sites for hydroxylation is 1. The van der Waals surface area contributed by atoms with E-state index < -0.39 is 5.82 Å². The third-order valence-electron chi connectivity index (χ3n) is 6.42. The summed E-state index contributed by atoms with van der Waals surface area (Å²) in [5.74, 6) is 0.0782. The van der Waals surface area contributed by atoms with E-state index in [2.05, 4.69) is 21.3 Å².